The minimum Gasteiger partial charge on any atom is -0.275 e. The number of hydrogen-bond donors (Lipinski definition) is 0. The molecule has 2 aliphatic rings. The summed E-state index contributed by atoms with van der Waals surface area (Å²) in [5.74, 6) is -0.0352. The number of imide groups is 1. The minimum atomic E-state index is -0.187. The zero-order valence-corrected chi connectivity index (χ0v) is 7.75. The highest BCUT2D eigenvalue weighted by Gasteiger charge is 2.52. The van der Waals surface area contributed by atoms with E-state index in [0.717, 1.165) is 19.3 Å². The standard InChI is InChI=1S/C10H13NO2/c1-6(2)9(12)11-8-5-3-4-7(8)10(11)13/h7-8H,1,3-5H2,2H3. The molecule has 1 heterocycles. The van der Waals surface area contributed by atoms with Crippen molar-refractivity contribution in [2.24, 2.45) is 5.92 Å². The third-order valence-corrected chi connectivity index (χ3v) is 2.95. The van der Waals surface area contributed by atoms with Gasteiger partial charge in [0.1, 0.15) is 0 Å². The van der Waals surface area contributed by atoms with E-state index in [2.05, 4.69) is 6.58 Å². The van der Waals surface area contributed by atoms with Crippen LogP contribution in [-0.4, -0.2) is 22.8 Å². The summed E-state index contributed by atoms with van der Waals surface area (Å²) in [6, 6.07) is 0.191. The first-order chi connectivity index (χ1) is 6.13. The molecule has 1 aliphatic carbocycles. The third kappa shape index (κ3) is 1.03. The summed E-state index contributed by atoms with van der Waals surface area (Å²) >= 11 is 0. The van der Waals surface area contributed by atoms with Crippen molar-refractivity contribution in [3.63, 3.8) is 0 Å². The number of carbonyl (C=O) groups excluding carboxylic acids is 2. The lowest BCUT2D eigenvalue weighted by Crippen LogP contribution is -2.60. The van der Waals surface area contributed by atoms with Crippen molar-refractivity contribution in [1.29, 1.82) is 0 Å². The minimum absolute atomic E-state index is 0.00972. The Morgan fingerprint density at radius 1 is 1.54 bits per heavy atom. The summed E-state index contributed by atoms with van der Waals surface area (Å²) in [7, 11) is 0. The first-order valence-electron chi connectivity index (χ1n) is 4.66. The van der Waals surface area contributed by atoms with Gasteiger partial charge in [0.05, 0.1) is 12.0 Å². The number of hydrogen-bond acceptors (Lipinski definition) is 2. The average Bonchev–Trinajstić information content (AvgIpc) is 2.48. The van der Waals surface area contributed by atoms with E-state index < -0.39 is 0 Å². The zero-order chi connectivity index (χ0) is 9.59. The van der Waals surface area contributed by atoms with E-state index in [4.69, 9.17) is 0 Å². The maximum absolute atomic E-state index is 11.5. The molecular weight excluding hydrogens is 166 g/mol. The van der Waals surface area contributed by atoms with Crippen LogP contribution in [0.5, 0.6) is 0 Å². The van der Waals surface area contributed by atoms with Gasteiger partial charge in [0.25, 0.3) is 5.91 Å². The van der Waals surface area contributed by atoms with Crippen molar-refractivity contribution in [2.75, 3.05) is 0 Å². The van der Waals surface area contributed by atoms with Crippen LogP contribution in [0, 0.1) is 5.92 Å². The number of β-lactam (4-membered cyclic amide) rings is 1. The molecular formula is C10H13NO2. The van der Waals surface area contributed by atoms with Crippen LogP contribution in [0.2, 0.25) is 0 Å². The van der Waals surface area contributed by atoms with Crippen molar-refractivity contribution in [3.05, 3.63) is 12.2 Å². The number of carbonyl (C=O) groups is 2. The Balaban J connectivity index is 2.14. The lowest BCUT2D eigenvalue weighted by molar-refractivity contribution is -0.162. The van der Waals surface area contributed by atoms with Crippen molar-refractivity contribution in [1.82, 2.24) is 4.90 Å². The van der Waals surface area contributed by atoms with Crippen molar-refractivity contribution < 1.29 is 9.59 Å². The molecule has 1 saturated heterocycles. The summed E-state index contributed by atoms with van der Waals surface area (Å²) in [5.41, 5.74) is 0.457. The monoisotopic (exact) mass is 179 g/mol. The molecule has 3 heteroatoms. The van der Waals surface area contributed by atoms with E-state index in [9.17, 15) is 9.59 Å². The lowest BCUT2D eigenvalue weighted by atomic mass is 9.90. The Labute approximate surface area is 77.4 Å². The predicted octanol–water partition coefficient (Wildman–Crippen LogP) is 1.10. The van der Waals surface area contributed by atoms with Crippen LogP contribution in [0.1, 0.15) is 26.2 Å². The normalized spacial score (nSPS) is 31.2. The number of fused-ring (bicyclic) bond motifs is 1. The highest BCUT2D eigenvalue weighted by molar-refractivity contribution is 6.08. The Kier molecular flexibility index (Phi) is 1.75. The van der Waals surface area contributed by atoms with Gasteiger partial charge in [-0.3, -0.25) is 14.5 Å². The second-order valence-electron chi connectivity index (χ2n) is 3.90. The molecule has 1 aliphatic heterocycles. The molecule has 0 aromatic heterocycles. The molecule has 70 valence electrons. The van der Waals surface area contributed by atoms with Crippen LogP contribution in [-0.2, 0) is 9.59 Å². The van der Waals surface area contributed by atoms with Crippen molar-refractivity contribution >= 4 is 11.8 Å². The molecule has 13 heavy (non-hydrogen) atoms. The Morgan fingerprint density at radius 3 is 2.85 bits per heavy atom. The largest absolute Gasteiger partial charge is 0.275 e. The number of amides is 2. The van der Waals surface area contributed by atoms with Crippen LogP contribution in [0.4, 0.5) is 0 Å². The molecule has 2 rings (SSSR count). The van der Waals surface area contributed by atoms with Gasteiger partial charge in [0.2, 0.25) is 5.91 Å². The van der Waals surface area contributed by atoms with Crippen molar-refractivity contribution in [2.45, 2.75) is 32.2 Å². The van der Waals surface area contributed by atoms with Crippen LogP contribution in [0.15, 0.2) is 12.2 Å². The van der Waals surface area contributed by atoms with Gasteiger partial charge in [-0.25, -0.2) is 0 Å². The van der Waals surface area contributed by atoms with Gasteiger partial charge in [0, 0.05) is 5.57 Å². The molecule has 0 N–H and O–H groups in total. The summed E-state index contributed by atoms with van der Waals surface area (Å²) in [6.45, 7) is 5.21. The number of rotatable bonds is 1. The quantitative estimate of drug-likeness (QED) is 0.446. The van der Waals surface area contributed by atoms with Gasteiger partial charge < -0.3 is 0 Å². The number of likely N-dealkylation sites (tertiary alicyclic amines) is 1. The third-order valence-electron chi connectivity index (χ3n) is 2.95. The summed E-state index contributed by atoms with van der Waals surface area (Å²) in [4.78, 5) is 24.3. The van der Waals surface area contributed by atoms with E-state index in [1.807, 2.05) is 0 Å². The SMILES string of the molecule is C=C(C)C(=O)N1C(=O)C2CCCC21. The van der Waals surface area contributed by atoms with Gasteiger partial charge in [-0.1, -0.05) is 13.0 Å². The topological polar surface area (TPSA) is 37.4 Å². The Morgan fingerprint density at radius 2 is 2.23 bits per heavy atom. The Bertz CT molecular complexity index is 295. The fraction of sp³-hybridized carbons (Fsp3) is 0.600. The van der Waals surface area contributed by atoms with Gasteiger partial charge in [-0.05, 0) is 19.8 Å². The molecule has 1 saturated carbocycles. The lowest BCUT2D eigenvalue weighted by Gasteiger charge is -2.41. The zero-order valence-electron chi connectivity index (χ0n) is 7.75. The molecule has 2 unspecified atom stereocenters. The van der Waals surface area contributed by atoms with Crippen LogP contribution < -0.4 is 0 Å². The molecule has 2 atom stereocenters. The summed E-state index contributed by atoms with van der Waals surface area (Å²) < 4.78 is 0. The summed E-state index contributed by atoms with van der Waals surface area (Å²) in [5, 5.41) is 0. The van der Waals surface area contributed by atoms with E-state index in [1.165, 1.54) is 4.90 Å². The van der Waals surface area contributed by atoms with E-state index in [0.29, 0.717) is 5.57 Å². The fourth-order valence-electron chi connectivity index (χ4n) is 2.25. The van der Waals surface area contributed by atoms with Crippen molar-refractivity contribution in [3.8, 4) is 0 Å². The van der Waals surface area contributed by atoms with Gasteiger partial charge >= 0.3 is 0 Å². The smallest absolute Gasteiger partial charge is 0.255 e. The van der Waals surface area contributed by atoms with Crippen LogP contribution in [0.25, 0.3) is 0 Å². The maximum Gasteiger partial charge on any atom is 0.255 e. The van der Waals surface area contributed by atoms with Crippen LogP contribution >= 0.6 is 0 Å². The first kappa shape index (κ1) is 8.48. The highest BCUT2D eigenvalue weighted by Crippen LogP contribution is 2.40. The second-order valence-corrected chi connectivity index (χ2v) is 3.90. The maximum atomic E-state index is 11.5. The average molecular weight is 179 g/mol. The number of nitrogens with zero attached hydrogens (tertiary/aromatic N) is 1. The van der Waals surface area contributed by atoms with Gasteiger partial charge in [0.15, 0.2) is 0 Å². The molecule has 0 bridgehead atoms. The molecule has 0 radical (unpaired) electrons. The second kappa shape index (κ2) is 2.69. The van der Waals surface area contributed by atoms with Gasteiger partial charge in [-0.2, -0.15) is 0 Å². The van der Waals surface area contributed by atoms with Crippen LogP contribution in [0.3, 0.4) is 0 Å². The van der Waals surface area contributed by atoms with Gasteiger partial charge in [-0.15, -0.1) is 0 Å². The molecule has 2 fully saturated rings. The van der Waals surface area contributed by atoms with E-state index in [1.54, 1.807) is 6.92 Å². The molecule has 0 aromatic rings. The van der Waals surface area contributed by atoms with E-state index in [-0.39, 0.29) is 23.8 Å². The fourth-order valence-corrected chi connectivity index (χ4v) is 2.25. The van der Waals surface area contributed by atoms with E-state index >= 15 is 0 Å². The first-order valence-corrected chi connectivity index (χ1v) is 4.66. The molecule has 2 amide bonds. The predicted molar refractivity (Wildman–Crippen MR) is 47.8 cm³/mol. The molecule has 0 spiro atoms. The highest BCUT2D eigenvalue weighted by atomic mass is 16.2. The molecule has 3 nitrogen and oxygen atoms in total. The Hall–Kier alpha value is -1.12. The molecule has 0 aromatic carbocycles. The summed E-state index contributed by atoms with van der Waals surface area (Å²) in [6.07, 6.45) is 3.01.